The van der Waals surface area contributed by atoms with Crippen LogP contribution in [0.2, 0.25) is 0 Å². The maximum Gasteiger partial charge on any atom is 0.324 e. The number of urea groups is 1. The van der Waals surface area contributed by atoms with Crippen LogP contribution >= 0.6 is 0 Å². The third kappa shape index (κ3) is 4.77. The van der Waals surface area contributed by atoms with Crippen molar-refractivity contribution < 1.29 is 9.53 Å². The molecule has 32 heavy (non-hydrogen) atoms. The number of nitrogens with zero attached hydrogens (tertiary/aromatic N) is 2. The Morgan fingerprint density at radius 1 is 0.969 bits per heavy atom. The van der Waals surface area contributed by atoms with E-state index in [1.165, 1.54) is 5.39 Å². The van der Waals surface area contributed by atoms with Gasteiger partial charge in [-0.25, -0.2) is 4.79 Å². The fraction of sp³-hybridized carbons (Fsp3) is 0.280. The first-order valence-electron chi connectivity index (χ1n) is 10.8. The largest absolute Gasteiger partial charge is 0.495 e. The highest BCUT2D eigenvalue weighted by atomic mass is 16.5. The second-order valence-corrected chi connectivity index (χ2v) is 7.92. The van der Waals surface area contributed by atoms with Crippen molar-refractivity contribution in [3.05, 3.63) is 72.3 Å². The van der Waals surface area contributed by atoms with Crippen molar-refractivity contribution in [1.82, 2.24) is 15.5 Å². The summed E-state index contributed by atoms with van der Waals surface area (Å²) in [6.45, 7) is 4.57. The lowest BCUT2D eigenvalue weighted by Crippen LogP contribution is -2.54. The van der Waals surface area contributed by atoms with Gasteiger partial charge in [-0.3, -0.25) is 10.7 Å². The molecule has 0 radical (unpaired) electrons. The van der Waals surface area contributed by atoms with Crippen LogP contribution in [0.1, 0.15) is 18.5 Å². The number of benzene rings is 3. The molecular weight excluding hydrogens is 402 g/mol. The average molecular weight is 432 g/mol. The molecule has 3 aromatic rings. The third-order valence-electron chi connectivity index (χ3n) is 5.86. The van der Waals surface area contributed by atoms with Crippen molar-refractivity contribution in [3.63, 3.8) is 0 Å². The molecule has 1 aliphatic rings. The maximum atomic E-state index is 12.7. The molecule has 0 bridgehead atoms. The van der Waals surface area contributed by atoms with E-state index < -0.39 is 0 Å². The van der Waals surface area contributed by atoms with Crippen molar-refractivity contribution in [2.45, 2.75) is 13.0 Å². The molecule has 1 atom stereocenters. The Morgan fingerprint density at radius 3 is 2.41 bits per heavy atom. The van der Waals surface area contributed by atoms with Gasteiger partial charge in [0.05, 0.1) is 18.8 Å². The summed E-state index contributed by atoms with van der Waals surface area (Å²) in [5.41, 5.74) is 2.10. The molecular formula is C25H29N5O2. The van der Waals surface area contributed by atoms with Crippen LogP contribution in [-0.2, 0) is 0 Å². The molecule has 4 rings (SSSR count). The minimum absolute atomic E-state index is 0.00261. The van der Waals surface area contributed by atoms with Crippen LogP contribution in [0, 0.1) is 5.41 Å². The first-order valence-corrected chi connectivity index (χ1v) is 10.8. The van der Waals surface area contributed by atoms with Crippen LogP contribution in [0.4, 0.5) is 10.5 Å². The molecule has 7 nitrogen and oxygen atoms in total. The van der Waals surface area contributed by atoms with Crippen molar-refractivity contribution in [3.8, 4) is 5.75 Å². The predicted molar refractivity (Wildman–Crippen MR) is 129 cm³/mol. The van der Waals surface area contributed by atoms with Crippen LogP contribution in [0.25, 0.3) is 10.8 Å². The Kier molecular flexibility index (Phi) is 6.44. The quantitative estimate of drug-likeness (QED) is 0.431. The summed E-state index contributed by atoms with van der Waals surface area (Å²) in [5, 5.41) is 16.3. The Morgan fingerprint density at radius 2 is 1.66 bits per heavy atom. The van der Waals surface area contributed by atoms with E-state index in [4.69, 9.17) is 10.1 Å². The van der Waals surface area contributed by atoms with E-state index in [0.29, 0.717) is 26.2 Å². The number of piperazine rings is 1. The lowest BCUT2D eigenvalue weighted by molar-refractivity contribution is 0.199. The van der Waals surface area contributed by atoms with E-state index in [1.54, 1.807) is 12.0 Å². The van der Waals surface area contributed by atoms with Gasteiger partial charge in [-0.15, -0.1) is 0 Å². The highest BCUT2D eigenvalue weighted by Gasteiger charge is 2.23. The van der Waals surface area contributed by atoms with Crippen LogP contribution < -0.4 is 20.3 Å². The van der Waals surface area contributed by atoms with Crippen LogP contribution in [-0.4, -0.2) is 50.2 Å². The molecule has 166 valence electrons. The zero-order chi connectivity index (χ0) is 22.5. The number of anilines is 1. The summed E-state index contributed by atoms with van der Waals surface area (Å²) in [6, 6.07) is 22.0. The number of amides is 2. The van der Waals surface area contributed by atoms with Crippen molar-refractivity contribution in [2.24, 2.45) is 0 Å². The van der Waals surface area contributed by atoms with Crippen LogP contribution in [0.5, 0.6) is 5.75 Å². The number of ether oxygens (including phenoxy) is 1. The predicted octanol–water partition coefficient (Wildman–Crippen LogP) is 3.97. The highest BCUT2D eigenvalue weighted by Crippen LogP contribution is 2.28. The zero-order valence-corrected chi connectivity index (χ0v) is 18.5. The van der Waals surface area contributed by atoms with Crippen molar-refractivity contribution in [2.75, 3.05) is 38.2 Å². The molecule has 1 heterocycles. The van der Waals surface area contributed by atoms with E-state index in [2.05, 4.69) is 39.8 Å². The molecule has 0 unspecified atom stereocenters. The van der Waals surface area contributed by atoms with Gasteiger partial charge in [0.2, 0.25) is 0 Å². The van der Waals surface area contributed by atoms with E-state index >= 15 is 0 Å². The second kappa shape index (κ2) is 9.60. The summed E-state index contributed by atoms with van der Waals surface area (Å²) >= 11 is 0. The molecule has 1 saturated heterocycles. The lowest BCUT2D eigenvalue weighted by atomic mass is 10.0. The summed E-state index contributed by atoms with van der Waals surface area (Å²) in [6.07, 6.45) is 0. The number of methoxy groups -OCH3 is 1. The monoisotopic (exact) mass is 431 g/mol. The topological polar surface area (TPSA) is 80.7 Å². The molecule has 3 N–H and O–H groups in total. The molecule has 0 spiro atoms. The van der Waals surface area contributed by atoms with Gasteiger partial charge in [0.15, 0.2) is 5.96 Å². The van der Waals surface area contributed by atoms with Gasteiger partial charge in [-0.05, 0) is 41.5 Å². The maximum absolute atomic E-state index is 12.7. The number of carbonyl (C=O) groups excluding carboxylic acids is 1. The second-order valence-electron chi connectivity index (χ2n) is 7.92. The van der Waals surface area contributed by atoms with Gasteiger partial charge in [0.1, 0.15) is 5.75 Å². The minimum Gasteiger partial charge on any atom is -0.495 e. The molecule has 2 amide bonds. The van der Waals surface area contributed by atoms with E-state index in [0.717, 1.165) is 22.4 Å². The molecule has 1 fully saturated rings. The Labute approximate surface area is 188 Å². The zero-order valence-electron chi connectivity index (χ0n) is 18.5. The number of carbonyl (C=O) groups is 1. The van der Waals surface area contributed by atoms with Crippen molar-refractivity contribution >= 4 is 28.5 Å². The smallest absolute Gasteiger partial charge is 0.324 e. The summed E-state index contributed by atoms with van der Waals surface area (Å²) < 4.78 is 5.45. The Balaban J connectivity index is 1.29. The fourth-order valence-electron chi connectivity index (χ4n) is 4.04. The number of rotatable bonds is 4. The van der Waals surface area contributed by atoms with E-state index in [-0.39, 0.29) is 18.0 Å². The summed E-state index contributed by atoms with van der Waals surface area (Å²) in [7, 11) is 1.67. The van der Waals surface area contributed by atoms with Gasteiger partial charge in [-0.2, -0.15) is 0 Å². The number of hydrogen-bond acceptors (Lipinski definition) is 4. The molecule has 0 aromatic heterocycles. The van der Waals surface area contributed by atoms with Gasteiger partial charge in [0, 0.05) is 26.2 Å². The molecule has 7 heteroatoms. The van der Waals surface area contributed by atoms with E-state index in [1.807, 2.05) is 49.4 Å². The highest BCUT2D eigenvalue weighted by molar-refractivity contribution is 5.95. The van der Waals surface area contributed by atoms with Gasteiger partial charge in [0.25, 0.3) is 0 Å². The number of para-hydroxylation sites is 2. The van der Waals surface area contributed by atoms with Crippen LogP contribution in [0.15, 0.2) is 66.7 Å². The van der Waals surface area contributed by atoms with E-state index in [9.17, 15) is 4.79 Å². The standard InChI is InChI=1S/C25H29N5O2/c1-18(20-12-11-19-7-3-4-8-21(19)17-20)27-24(26)28-25(31)30-15-13-29(14-16-30)22-9-5-6-10-23(22)32-2/h3-12,17-18H,13-16H2,1-2H3,(H3,26,27,28,31)/t18-/m1/s1. The Hall–Kier alpha value is -3.74. The number of fused-ring (bicyclic) bond motifs is 1. The SMILES string of the molecule is COc1ccccc1N1CCN(C(=O)NC(=N)N[C@H](C)c2ccc3ccccc3c2)CC1. The number of guanidine groups is 1. The van der Waals surface area contributed by atoms with Gasteiger partial charge >= 0.3 is 6.03 Å². The minimum atomic E-state index is -0.257. The van der Waals surface area contributed by atoms with Crippen molar-refractivity contribution in [1.29, 1.82) is 5.41 Å². The lowest BCUT2D eigenvalue weighted by Gasteiger charge is -2.36. The van der Waals surface area contributed by atoms with Crippen LogP contribution in [0.3, 0.4) is 0 Å². The normalized spacial score (nSPS) is 14.7. The number of nitrogens with one attached hydrogen (secondary N) is 3. The summed E-state index contributed by atoms with van der Waals surface area (Å²) in [5.74, 6) is 0.835. The number of hydrogen-bond donors (Lipinski definition) is 3. The molecule has 3 aromatic carbocycles. The first kappa shape index (κ1) is 21.5. The van der Waals surface area contributed by atoms with Gasteiger partial charge < -0.3 is 19.9 Å². The molecule has 0 saturated carbocycles. The van der Waals surface area contributed by atoms with Gasteiger partial charge in [-0.1, -0.05) is 48.5 Å². The summed E-state index contributed by atoms with van der Waals surface area (Å²) in [4.78, 5) is 16.6. The average Bonchev–Trinajstić information content (AvgIpc) is 2.83. The fourth-order valence-corrected chi connectivity index (χ4v) is 4.04. The molecule has 1 aliphatic heterocycles. The Bertz CT molecular complexity index is 1110. The molecule has 0 aliphatic carbocycles. The third-order valence-corrected chi connectivity index (χ3v) is 5.86. The first-order chi connectivity index (χ1) is 15.5.